The fourth-order valence-electron chi connectivity index (χ4n) is 4.44. The van der Waals surface area contributed by atoms with Crippen LogP contribution in [0.1, 0.15) is 44.2 Å². The van der Waals surface area contributed by atoms with Gasteiger partial charge in [0.05, 0.1) is 11.1 Å². The Kier molecular flexibility index (Phi) is 8.36. The van der Waals surface area contributed by atoms with E-state index in [0.29, 0.717) is 30.0 Å². The van der Waals surface area contributed by atoms with E-state index in [1.54, 1.807) is 6.07 Å². The number of alkyl halides is 3. The second kappa shape index (κ2) is 11.0. The van der Waals surface area contributed by atoms with Crippen molar-refractivity contribution in [1.82, 2.24) is 15.3 Å². The third-order valence-electron chi connectivity index (χ3n) is 6.20. The van der Waals surface area contributed by atoms with Crippen LogP contribution in [0.3, 0.4) is 0 Å². The van der Waals surface area contributed by atoms with Gasteiger partial charge < -0.3 is 15.5 Å². The Labute approximate surface area is 199 Å². The van der Waals surface area contributed by atoms with Gasteiger partial charge in [-0.3, -0.25) is 0 Å². The molecular formula is C26H34F3N5. The summed E-state index contributed by atoms with van der Waals surface area (Å²) in [4.78, 5) is 11.4. The van der Waals surface area contributed by atoms with Crippen molar-refractivity contribution in [2.75, 3.05) is 30.9 Å². The first-order valence-electron chi connectivity index (χ1n) is 11.4. The molecule has 34 heavy (non-hydrogen) atoms. The molecule has 1 aliphatic carbocycles. The van der Waals surface area contributed by atoms with Crippen LogP contribution in [0.4, 0.5) is 24.9 Å². The van der Waals surface area contributed by atoms with Crippen LogP contribution in [0.5, 0.6) is 0 Å². The Bertz CT molecular complexity index is 1080. The molecule has 0 radical (unpaired) electrons. The van der Waals surface area contributed by atoms with Gasteiger partial charge in [-0.2, -0.15) is 18.2 Å². The van der Waals surface area contributed by atoms with Crippen molar-refractivity contribution >= 4 is 22.7 Å². The smallest absolute Gasteiger partial charge is 0.362 e. The fourth-order valence-corrected chi connectivity index (χ4v) is 4.44. The average Bonchev–Trinajstić information content (AvgIpc) is 2.79. The number of benzene rings is 2. The molecule has 1 fully saturated rings. The third kappa shape index (κ3) is 6.38. The van der Waals surface area contributed by atoms with E-state index < -0.39 is 11.7 Å². The molecule has 1 saturated carbocycles. The number of nitrogens with one attached hydrogen (secondary N) is 2. The fraction of sp³-hybridized carbons (Fsp3) is 0.462. The molecule has 0 bridgehead atoms. The number of para-hydroxylation sites is 1. The molecule has 2 N–H and O–H groups in total. The SMILES string of the molecule is C.CN(C)c1nc(NC2CCC(CNCc3cccc(C(F)(F)F)c3)CC2)nc2ccccc12. The summed E-state index contributed by atoms with van der Waals surface area (Å²) in [5.74, 6) is 2.07. The lowest BCUT2D eigenvalue weighted by Crippen LogP contribution is -2.31. The predicted octanol–water partition coefficient (Wildman–Crippen LogP) is 6.11. The lowest BCUT2D eigenvalue weighted by atomic mass is 9.86. The number of anilines is 2. The van der Waals surface area contributed by atoms with Gasteiger partial charge in [0.1, 0.15) is 5.82 Å². The molecule has 1 aliphatic rings. The minimum absolute atomic E-state index is 0. The highest BCUT2D eigenvalue weighted by Crippen LogP contribution is 2.30. The summed E-state index contributed by atoms with van der Waals surface area (Å²) in [5.41, 5.74) is 0.984. The number of hydrogen-bond acceptors (Lipinski definition) is 5. The summed E-state index contributed by atoms with van der Waals surface area (Å²) >= 11 is 0. The van der Waals surface area contributed by atoms with Crippen molar-refractivity contribution < 1.29 is 13.2 Å². The molecule has 0 spiro atoms. The van der Waals surface area contributed by atoms with E-state index in [1.807, 2.05) is 43.3 Å². The van der Waals surface area contributed by atoms with Crippen LogP contribution >= 0.6 is 0 Å². The quantitative estimate of drug-likeness (QED) is 0.434. The van der Waals surface area contributed by atoms with Crippen LogP contribution < -0.4 is 15.5 Å². The van der Waals surface area contributed by atoms with Gasteiger partial charge in [0.15, 0.2) is 0 Å². The molecule has 3 aromatic rings. The normalized spacial score (nSPS) is 18.4. The first-order valence-corrected chi connectivity index (χ1v) is 11.4. The first kappa shape index (κ1) is 25.7. The Hall–Kier alpha value is -2.87. The van der Waals surface area contributed by atoms with Gasteiger partial charge in [-0.15, -0.1) is 0 Å². The van der Waals surface area contributed by atoms with Crippen molar-refractivity contribution in [1.29, 1.82) is 0 Å². The van der Waals surface area contributed by atoms with Crippen LogP contribution in [-0.2, 0) is 12.7 Å². The molecule has 0 saturated heterocycles. The van der Waals surface area contributed by atoms with E-state index in [0.717, 1.165) is 55.0 Å². The summed E-state index contributed by atoms with van der Waals surface area (Å²) < 4.78 is 38.6. The third-order valence-corrected chi connectivity index (χ3v) is 6.20. The van der Waals surface area contributed by atoms with E-state index in [-0.39, 0.29) is 7.43 Å². The number of fused-ring (bicyclic) bond motifs is 1. The Morgan fingerprint density at radius 1 is 0.971 bits per heavy atom. The molecule has 4 rings (SSSR count). The molecule has 5 nitrogen and oxygen atoms in total. The van der Waals surface area contributed by atoms with E-state index in [1.165, 1.54) is 12.1 Å². The number of hydrogen-bond donors (Lipinski definition) is 2. The lowest BCUT2D eigenvalue weighted by Gasteiger charge is -2.29. The van der Waals surface area contributed by atoms with Crippen LogP contribution in [-0.4, -0.2) is 36.6 Å². The molecule has 0 amide bonds. The zero-order valence-corrected chi connectivity index (χ0v) is 19.0. The van der Waals surface area contributed by atoms with Crippen LogP contribution in [0.15, 0.2) is 48.5 Å². The maximum Gasteiger partial charge on any atom is 0.416 e. The topological polar surface area (TPSA) is 53.1 Å². The molecule has 8 heteroatoms. The van der Waals surface area contributed by atoms with Gasteiger partial charge in [-0.05, 0) is 61.9 Å². The second-order valence-corrected chi connectivity index (χ2v) is 8.97. The summed E-state index contributed by atoms with van der Waals surface area (Å²) in [7, 11) is 3.96. The number of rotatable bonds is 7. The Balaban J connectivity index is 0.00000324. The highest BCUT2D eigenvalue weighted by molar-refractivity contribution is 5.90. The number of nitrogens with zero attached hydrogens (tertiary/aromatic N) is 3. The van der Waals surface area contributed by atoms with Gasteiger partial charge >= 0.3 is 6.18 Å². The summed E-state index contributed by atoms with van der Waals surface area (Å²) in [5, 5.41) is 7.88. The summed E-state index contributed by atoms with van der Waals surface area (Å²) in [6.45, 7) is 1.25. The van der Waals surface area contributed by atoms with Crippen molar-refractivity contribution in [2.24, 2.45) is 5.92 Å². The first-order chi connectivity index (χ1) is 15.8. The standard InChI is InChI=1S/C25H30F3N5.CH4/c1-33(2)23-21-8-3-4-9-22(21)31-24(32-23)30-20-12-10-17(11-13-20)15-29-16-18-6-5-7-19(14-18)25(26,27)28;/h3-9,14,17,20,29H,10-13,15-16H2,1-2H3,(H,30,31,32);1H4. The zero-order chi connectivity index (χ0) is 23.4. The lowest BCUT2D eigenvalue weighted by molar-refractivity contribution is -0.137. The molecule has 1 heterocycles. The van der Waals surface area contributed by atoms with Crippen molar-refractivity contribution in [3.63, 3.8) is 0 Å². The van der Waals surface area contributed by atoms with Gasteiger partial charge in [0.25, 0.3) is 0 Å². The average molecular weight is 474 g/mol. The van der Waals surface area contributed by atoms with Crippen molar-refractivity contribution in [3.8, 4) is 0 Å². The second-order valence-electron chi connectivity index (χ2n) is 8.97. The summed E-state index contributed by atoms with van der Waals surface area (Å²) in [6, 6.07) is 13.9. The zero-order valence-electron chi connectivity index (χ0n) is 19.0. The van der Waals surface area contributed by atoms with Gasteiger partial charge in [-0.25, -0.2) is 4.98 Å². The van der Waals surface area contributed by atoms with E-state index >= 15 is 0 Å². The molecule has 0 atom stereocenters. The van der Waals surface area contributed by atoms with E-state index in [4.69, 9.17) is 9.97 Å². The monoisotopic (exact) mass is 473 g/mol. The predicted molar refractivity (Wildman–Crippen MR) is 133 cm³/mol. The van der Waals surface area contributed by atoms with Crippen molar-refractivity contribution in [3.05, 3.63) is 59.7 Å². The highest BCUT2D eigenvalue weighted by atomic mass is 19.4. The Morgan fingerprint density at radius 3 is 2.41 bits per heavy atom. The number of aromatic nitrogens is 2. The van der Waals surface area contributed by atoms with Crippen LogP contribution in [0.25, 0.3) is 10.9 Å². The summed E-state index contributed by atoms with van der Waals surface area (Å²) in [6.07, 6.45) is -0.154. The molecule has 0 aliphatic heterocycles. The molecule has 2 aromatic carbocycles. The minimum Gasteiger partial charge on any atom is -0.362 e. The van der Waals surface area contributed by atoms with Crippen LogP contribution in [0.2, 0.25) is 0 Å². The van der Waals surface area contributed by atoms with Crippen LogP contribution in [0, 0.1) is 5.92 Å². The molecule has 1 aromatic heterocycles. The van der Waals surface area contributed by atoms with Crippen molar-refractivity contribution in [2.45, 2.75) is 51.9 Å². The van der Waals surface area contributed by atoms with E-state index in [2.05, 4.69) is 10.6 Å². The highest BCUT2D eigenvalue weighted by Gasteiger charge is 2.30. The molecular weight excluding hydrogens is 439 g/mol. The maximum atomic E-state index is 12.9. The van der Waals surface area contributed by atoms with E-state index in [9.17, 15) is 13.2 Å². The van der Waals surface area contributed by atoms with Gasteiger partial charge in [0.2, 0.25) is 5.95 Å². The number of halogens is 3. The maximum absolute atomic E-state index is 12.9. The van der Waals surface area contributed by atoms with Gasteiger partial charge in [0, 0.05) is 32.1 Å². The Morgan fingerprint density at radius 2 is 1.71 bits per heavy atom. The van der Waals surface area contributed by atoms with Gasteiger partial charge in [-0.1, -0.05) is 37.8 Å². The molecule has 0 unspecified atom stereocenters. The minimum atomic E-state index is -4.30. The largest absolute Gasteiger partial charge is 0.416 e. The molecule has 184 valence electrons.